The van der Waals surface area contributed by atoms with Crippen molar-refractivity contribution in [2.75, 3.05) is 16.0 Å². The summed E-state index contributed by atoms with van der Waals surface area (Å²) in [6.07, 6.45) is -0.195. The van der Waals surface area contributed by atoms with E-state index in [1.54, 1.807) is 30.3 Å². The molecule has 164 valence electrons. The Kier molecular flexibility index (Phi) is 6.10. The van der Waals surface area contributed by atoms with E-state index in [1.165, 1.54) is 6.07 Å². The van der Waals surface area contributed by atoms with Gasteiger partial charge in [0.1, 0.15) is 5.82 Å². The summed E-state index contributed by atoms with van der Waals surface area (Å²) in [5.41, 5.74) is 1.23. The lowest BCUT2D eigenvalue weighted by atomic mass is 9.92. The van der Waals surface area contributed by atoms with Gasteiger partial charge in [-0.05, 0) is 42.8 Å². The quantitative estimate of drug-likeness (QED) is 0.416. The Balaban J connectivity index is 1.66. The highest BCUT2D eigenvalue weighted by Crippen LogP contribution is 2.32. The predicted octanol–water partition coefficient (Wildman–Crippen LogP) is 4.85. The molecule has 11 heteroatoms. The molecule has 2 heterocycles. The molecular formula is C21H16Cl3N5O3. The molecule has 1 atom stereocenters. The smallest absolute Gasteiger partial charge is 0.258 e. The second kappa shape index (κ2) is 8.82. The van der Waals surface area contributed by atoms with Crippen LogP contribution < -0.4 is 21.5 Å². The highest BCUT2D eigenvalue weighted by Gasteiger charge is 2.35. The first kappa shape index (κ1) is 22.1. The number of hydrogen-bond acceptors (Lipinski definition) is 5. The maximum atomic E-state index is 13.0. The highest BCUT2D eigenvalue weighted by molar-refractivity contribution is 6.36. The largest absolute Gasteiger partial charge is 0.325 e. The van der Waals surface area contributed by atoms with Crippen LogP contribution in [0.2, 0.25) is 15.1 Å². The Labute approximate surface area is 197 Å². The van der Waals surface area contributed by atoms with Crippen LogP contribution in [0.3, 0.4) is 0 Å². The van der Waals surface area contributed by atoms with E-state index in [9.17, 15) is 14.4 Å². The normalized spacial score (nSPS) is 15.0. The van der Waals surface area contributed by atoms with Crippen molar-refractivity contribution in [1.82, 2.24) is 9.97 Å². The number of carbonyl (C=O) groups is 2. The lowest BCUT2D eigenvalue weighted by molar-refractivity contribution is -0.123. The minimum atomic E-state index is -1.03. The SMILES string of the molecule is Cc1ccc(Cl)cc1NC(=O)C1CC(=O)Nc2nc(Nc3ccc(Cl)cc3Cl)[nH]c(=O)c21. The van der Waals surface area contributed by atoms with Gasteiger partial charge in [0.05, 0.1) is 22.2 Å². The van der Waals surface area contributed by atoms with Crippen LogP contribution in [-0.4, -0.2) is 21.8 Å². The first-order valence-corrected chi connectivity index (χ1v) is 10.6. The van der Waals surface area contributed by atoms with Crippen molar-refractivity contribution in [2.45, 2.75) is 19.3 Å². The molecule has 0 fully saturated rings. The fraction of sp³-hybridized carbons (Fsp3) is 0.143. The maximum Gasteiger partial charge on any atom is 0.258 e. The van der Waals surface area contributed by atoms with Gasteiger partial charge < -0.3 is 16.0 Å². The Morgan fingerprint density at radius 1 is 1.06 bits per heavy atom. The summed E-state index contributed by atoms with van der Waals surface area (Å²) in [5.74, 6) is -1.93. The number of anilines is 4. The third-order valence-electron chi connectivity index (χ3n) is 4.91. The number of rotatable bonds is 4. The summed E-state index contributed by atoms with van der Waals surface area (Å²) >= 11 is 18.1. The first-order chi connectivity index (χ1) is 15.2. The number of aromatic nitrogens is 2. The summed E-state index contributed by atoms with van der Waals surface area (Å²) in [7, 11) is 0. The highest BCUT2D eigenvalue weighted by atomic mass is 35.5. The Morgan fingerprint density at radius 2 is 1.78 bits per heavy atom. The fourth-order valence-corrected chi connectivity index (χ4v) is 3.95. The van der Waals surface area contributed by atoms with Gasteiger partial charge in [-0.2, -0.15) is 4.98 Å². The molecule has 1 aromatic heterocycles. The average molecular weight is 493 g/mol. The van der Waals surface area contributed by atoms with Gasteiger partial charge in [-0.3, -0.25) is 19.4 Å². The summed E-state index contributed by atoms with van der Waals surface area (Å²) in [5, 5.41) is 9.39. The molecule has 1 aliphatic heterocycles. The predicted molar refractivity (Wildman–Crippen MR) is 125 cm³/mol. The van der Waals surface area contributed by atoms with E-state index in [4.69, 9.17) is 34.8 Å². The van der Waals surface area contributed by atoms with Crippen molar-refractivity contribution in [1.29, 1.82) is 0 Å². The second-order valence-electron chi connectivity index (χ2n) is 7.18. The summed E-state index contributed by atoms with van der Waals surface area (Å²) in [6.45, 7) is 1.81. The molecule has 0 radical (unpaired) electrons. The number of aryl methyl sites for hydroxylation is 1. The molecule has 1 unspecified atom stereocenters. The molecular weight excluding hydrogens is 477 g/mol. The molecule has 2 aromatic carbocycles. The fourth-order valence-electron chi connectivity index (χ4n) is 3.32. The number of nitrogens with zero attached hydrogens (tertiary/aromatic N) is 1. The van der Waals surface area contributed by atoms with Crippen LogP contribution in [0.5, 0.6) is 0 Å². The molecule has 0 saturated heterocycles. The minimum Gasteiger partial charge on any atom is -0.325 e. The van der Waals surface area contributed by atoms with Crippen LogP contribution in [0.15, 0.2) is 41.2 Å². The molecule has 0 bridgehead atoms. The van der Waals surface area contributed by atoms with Gasteiger partial charge in [-0.25, -0.2) is 0 Å². The van der Waals surface area contributed by atoms with Crippen LogP contribution >= 0.6 is 34.8 Å². The number of halogens is 3. The number of hydrogen-bond donors (Lipinski definition) is 4. The van der Waals surface area contributed by atoms with E-state index in [2.05, 4.69) is 25.9 Å². The molecule has 0 aliphatic carbocycles. The summed E-state index contributed by atoms with van der Waals surface area (Å²) in [4.78, 5) is 45.0. The molecule has 1 aliphatic rings. The molecule has 4 rings (SSSR count). The van der Waals surface area contributed by atoms with E-state index < -0.39 is 23.3 Å². The zero-order valence-corrected chi connectivity index (χ0v) is 18.8. The van der Waals surface area contributed by atoms with Crippen LogP contribution in [0.1, 0.15) is 23.5 Å². The number of carbonyl (C=O) groups excluding carboxylic acids is 2. The topological polar surface area (TPSA) is 116 Å². The van der Waals surface area contributed by atoms with E-state index in [-0.39, 0.29) is 23.8 Å². The van der Waals surface area contributed by atoms with Crippen LogP contribution in [0.25, 0.3) is 0 Å². The molecule has 3 aromatic rings. The Hall–Kier alpha value is -3.07. The molecule has 32 heavy (non-hydrogen) atoms. The van der Waals surface area contributed by atoms with Gasteiger partial charge in [0.2, 0.25) is 17.8 Å². The molecule has 8 nitrogen and oxygen atoms in total. The monoisotopic (exact) mass is 491 g/mol. The number of aromatic amines is 1. The van der Waals surface area contributed by atoms with Crippen molar-refractivity contribution < 1.29 is 9.59 Å². The second-order valence-corrected chi connectivity index (χ2v) is 8.46. The van der Waals surface area contributed by atoms with Gasteiger partial charge in [-0.15, -0.1) is 0 Å². The van der Waals surface area contributed by atoms with E-state index in [0.717, 1.165) is 5.56 Å². The van der Waals surface area contributed by atoms with Gasteiger partial charge >= 0.3 is 0 Å². The summed E-state index contributed by atoms with van der Waals surface area (Å²) < 4.78 is 0. The molecule has 0 saturated carbocycles. The minimum absolute atomic E-state index is 0.000511. The number of fused-ring (bicyclic) bond motifs is 1. The van der Waals surface area contributed by atoms with Crippen molar-refractivity contribution in [3.05, 3.63) is 72.9 Å². The molecule has 4 N–H and O–H groups in total. The van der Waals surface area contributed by atoms with Crippen molar-refractivity contribution >= 4 is 69.8 Å². The zero-order chi connectivity index (χ0) is 23.0. The van der Waals surface area contributed by atoms with Gasteiger partial charge in [0.25, 0.3) is 5.56 Å². The molecule has 2 amide bonds. The summed E-state index contributed by atoms with van der Waals surface area (Å²) in [6, 6.07) is 9.82. The Morgan fingerprint density at radius 3 is 2.53 bits per heavy atom. The van der Waals surface area contributed by atoms with Gasteiger partial charge in [0.15, 0.2) is 0 Å². The van der Waals surface area contributed by atoms with Crippen molar-refractivity contribution in [2.24, 2.45) is 0 Å². The number of H-pyrrole nitrogens is 1. The maximum absolute atomic E-state index is 13.0. The van der Waals surface area contributed by atoms with E-state index in [0.29, 0.717) is 26.4 Å². The lowest BCUT2D eigenvalue weighted by Gasteiger charge is -2.24. The average Bonchev–Trinajstić information content (AvgIpc) is 2.72. The zero-order valence-electron chi connectivity index (χ0n) is 16.6. The third-order valence-corrected chi connectivity index (χ3v) is 5.69. The number of amides is 2. The van der Waals surface area contributed by atoms with Crippen molar-refractivity contribution in [3.63, 3.8) is 0 Å². The van der Waals surface area contributed by atoms with Gasteiger partial charge in [-0.1, -0.05) is 40.9 Å². The molecule has 0 spiro atoms. The van der Waals surface area contributed by atoms with Gasteiger partial charge in [0, 0.05) is 22.2 Å². The van der Waals surface area contributed by atoms with E-state index >= 15 is 0 Å². The number of nitrogens with one attached hydrogen (secondary N) is 4. The van der Waals surface area contributed by atoms with E-state index in [1.807, 2.05) is 6.92 Å². The van der Waals surface area contributed by atoms with Crippen molar-refractivity contribution in [3.8, 4) is 0 Å². The number of benzene rings is 2. The van der Waals surface area contributed by atoms with Crippen LogP contribution in [-0.2, 0) is 9.59 Å². The Bertz CT molecular complexity index is 1310. The first-order valence-electron chi connectivity index (χ1n) is 9.44. The van der Waals surface area contributed by atoms with Crippen LogP contribution in [0, 0.1) is 6.92 Å². The standard InChI is InChI=1S/C21H16Cl3N5O3/c1-9-2-3-11(23)7-15(9)25-19(31)12-8-16(30)27-18-17(12)20(32)29-21(28-18)26-14-5-4-10(22)6-13(14)24/h2-7,12H,8H2,1H3,(H,25,31)(H3,26,27,28,29,30,32). The van der Waals surface area contributed by atoms with Crippen LogP contribution in [0.4, 0.5) is 23.1 Å². The third kappa shape index (κ3) is 4.57. The lowest BCUT2D eigenvalue weighted by Crippen LogP contribution is -2.36.